The van der Waals surface area contributed by atoms with Crippen LogP contribution in [0.3, 0.4) is 0 Å². The van der Waals surface area contributed by atoms with Crippen LogP contribution < -0.4 is 4.74 Å². The first kappa shape index (κ1) is 16.9. The number of carbonyl (C=O) groups excluding carboxylic acids is 1. The fourth-order valence-corrected chi connectivity index (χ4v) is 2.06. The van der Waals surface area contributed by atoms with Gasteiger partial charge in [-0.15, -0.1) is 0 Å². The van der Waals surface area contributed by atoms with E-state index in [1.807, 2.05) is 24.3 Å². The van der Waals surface area contributed by atoms with Gasteiger partial charge in [0.2, 0.25) is 0 Å². The molecular weight excluding hydrogens is 292 g/mol. The van der Waals surface area contributed by atoms with Gasteiger partial charge in [0.25, 0.3) is 0 Å². The van der Waals surface area contributed by atoms with E-state index in [0.29, 0.717) is 19.4 Å². The van der Waals surface area contributed by atoms with E-state index in [2.05, 4.69) is 6.92 Å². The normalized spacial score (nSPS) is 10.3. The molecule has 122 valence electrons. The lowest BCUT2D eigenvalue weighted by atomic mass is 10.2. The Balaban J connectivity index is 1.61. The van der Waals surface area contributed by atoms with Gasteiger partial charge in [-0.05, 0) is 48.2 Å². The number of aryl methyl sites for hydroxylation is 1. The summed E-state index contributed by atoms with van der Waals surface area (Å²) in [7, 11) is 0. The van der Waals surface area contributed by atoms with E-state index in [4.69, 9.17) is 9.47 Å². The van der Waals surface area contributed by atoms with Crippen LogP contribution in [0.5, 0.6) is 11.5 Å². The SMILES string of the molecule is CCc1ccc(OCCCC(=O)OCc2ccc(O)cc2)cc1. The molecule has 2 aromatic carbocycles. The fourth-order valence-electron chi connectivity index (χ4n) is 2.06. The molecule has 2 rings (SSSR count). The number of hydrogen-bond donors (Lipinski definition) is 1. The highest BCUT2D eigenvalue weighted by Gasteiger charge is 2.04. The largest absolute Gasteiger partial charge is 0.508 e. The summed E-state index contributed by atoms with van der Waals surface area (Å²) >= 11 is 0. The Kier molecular flexibility index (Phi) is 6.48. The standard InChI is InChI=1S/C19H22O4/c1-2-15-7-11-18(12-8-15)22-13-3-4-19(21)23-14-16-5-9-17(20)10-6-16/h5-12,20H,2-4,13-14H2,1H3. The van der Waals surface area contributed by atoms with Gasteiger partial charge in [0.15, 0.2) is 0 Å². The molecular formula is C19H22O4. The zero-order valence-electron chi connectivity index (χ0n) is 13.3. The van der Waals surface area contributed by atoms with Crippen LogP contribution >= 0.6 is 0 Å². The molecule has 0 atom stereocenters. The summed E-state index contributed by atoms with van der Waals surface area (Å²) in [5.41, 5.74) is 2.12. The van der Waals surface area contributed by atoms with Crippen LogP contribution in [0.4, 0.5) is 0 Å². The van der Waals surface area contributed by atoms with E-state index in [1.165, 1.54) is 5.56 Å². The van der Waals surface area contributed by atoms with Crippen LogP contribution in [0.15, 0.2) is 48.5 Å². The Morgan fingerprint density at radius 2 is 1.65 bits per heavy atom. The lowest BCUT2D eigenvalue weighted by Gasteiger charge is -2.07. The zero-order chi connectivity index (χ0) is 16.5. The number of carbonyl (C=O) groups is 1. The molecule has 0 radical (unpaired) electrons. The summed E-state index contributed by atoms with van der Waals surface area (Å²) in [5, 5.41) is 9.18. The van der Waals surface area contributed by atoms with E-state index >= 15 is 0 Å². The Morgan fingerprint density at radius 3 is 2.30 bits per heavy atom. The zero-order valence-corrected chi connectivity index (χ0v) is 13.3. The molecule has 23 heavy (non-hydrogen) atoms. The van der Waals surface area contributed by atoms with Crippen molar-refractivity contribution in [2.45, 2.75) is 32.8 Å². The van der Waals surface area contributed by atoms with Crippen LogP contribution in [0.25, 0.3) is 0 Å². The maximum absolute atomic E-state index is 11.7. The molecule has 0 aliphatic heterocycles. The van der Waals surface area contributed by atoms with Crippen molar-refractivity contribution in [2.24, 2.45) is 0 Å². The highest BCUT2D eigenvalue weighted by molar-refractivity contribution is 5.69. The first-order valence-corrected chi connectivity index (χ1v) is 7.82. The molecule has 0 amide bonds. The minimum absolute atomic E-state index is 0.198. The third-order valence-corrected chi connectivity index (χ3v) is 3.46. The molecule has 0 saturated heterocycles. The van der Waals surface area contributed by atoms with Crippen molar-refractivity contribution < 1.29 is 19.4 Å². The number of aromatic hydroxyl groups is 1. The number of phenolic OH excluding ortho intramolecular Hbond substituents is 1. The van der Waals surface area contributed by atoms with E-state index in [1.54, 1.807) is 24.3 Å². The third-order valence-electron chi connectivity index (χ3n) is 3.46. The summed E-state index contributed by atoms with van der Waals surface area (Å²) < 4.78 is 10.8. The van der Waals surface area contributed by atoms with Gasteiger partial charge < -0.3 is 14.6 Å². The van der Waals surface area contributed by atoms with Gasteiger partial charge in [-0.3, -0.25) is 4.79 Å². The predicted octanol–water partition coefficient (Wildman–Crippen LogP) is 3.86. The highest BCUT2D eigenvalue weighted by atomic mass is 16.5. The smallest absolute Gasteiger partial charge is 0.306 e. The first-order valence-electron chi connectivity index (χ1n) is 7.82. The Hall–Kier alpha value is -2.49. The molecule has 0 aliphatic carbocycles. The van der Waals surface area contributed by atoms with Crippen LogP contribution in [-0.2, 0) is 22.6 Å². The van der Waals surface area contributed by atoms with Crippen molar-refractivity contribution >= 4 is 5.97 Å². The maximum atomic E-state index is 11.7. The maximum Gasteiger partial charge on any atom is 0.306 e. The van der Waals surface area contributed by atoms with E-state index in [-0.39, 0.29) is 18.3 Å². The van der Waals surface area contributed by atoms with Crippen LogP contribution in [-0.4, -0.2) is 17.7 Å². The van der Waals surface area contributed by atoms with Crippen LogP contribution in [0.1, 0.15) is 30.9 Å². The molecule has 1 N–H and O–H groups in total. The van der Waals surface area contributed by atoms with E-state index < -0.39 is 0 Å². The van der Waals surface area contributed by atoms with E-state index in [0.717, 1.165) is 17.7 Å². The number of phenols is 1. The van der Waals surface area contributed by atoms with Crippen molar-refractivity contribution in [1.82, 2.24) is 0 Å². The second kappa shape index (κ2) is 8.83. The molecule has 4 heteroatoms. The Morgan fingerprint density at radius 1 is 1.00 bits per heavy atom. The molecule has 0 aliphatic rings. The average molecular weight is 314 g/mol. The summed E-state index contributed by atoms with van der Waals surface area (Å²) in [6.45, 7) is 2.82. The number of hydrogen-bond acceptors (Lipinski definition) is 4. The van der Waals surface area contributed by atoms with E-state index in [9.17, 15) is 9.90 Å². The molecule has 0 unspecified atom stereocenters. The van der Waals surface area contributed by atoms with Crippen LogP contribution in [0.2, 0.25) is 0 Å². The quantitative estimate of drug-likeness (QED) is 0.594. The van der Waals surface area contributed by atoms with Crippen molar-refractivity contribution in [3.8, 4) is 11.5 Å². The first-order chi connectivity index (χ1) is 11.2. The monoisotopic (exact) mass is 314 g/mol. The summed E-state index contributed by atoms with van der Waals surface area (Å²) in [4.78, 5) is 11.7. The van der Waals surface area contributed by atoms with Crippen molar-refractivity contribution in [2.75, 3.05) is 6.61 Å². The van der Waals surface area contributed by atoms with Gasteiger partial charge in [-0.1, -0.05) is 31.2 Å². The summed E-state index contributed by atoms with van der Waals surface area (Å²) in [6.07, 6.45) is 1.95. The number of ether oxygens (including phenoxy) is 2. The average Bonchev–Trinajstić information content (AvgIpc) is 2.59. The Bertz CT molecular complexity index is 602. The van der Waals surface area contributed by atoms with Gasteiger partial charge in [0.1, 0.15) is 18.1 Å². The fraction of sp³-hybridized carbons (Fsp3) is 0.316. The topological polar surface area (TPSA) is 55.8 Å². The molecule has 0 saturated carbocycles. The van der Waals surface area contributed by atoms with Crippen molar-refractivity contribution in [1.29, 1.82) is 0 Å². The summed E-state index contributed by atoms with van der Waals surface area (Å²) in [6, 6.07) is 14.6. The number of benzene rings is 2. The molecule has 0 aromatic heterocycles. The second-order valence-electron chi connectivity index (χ2n) is 5.28. The molecule has 0 spiro atoms. The lowest BCUT2D eigenvalue weighted by molar-refractivity contribution is -0.145. The lowest BCUT2D eigenvalue weighted by Crippen LogP contribution is -2.07. The van der Waals surface area contributed by atoms with Gasteiger partial charge in [0, 0.05) is 6.42 Å². The second-order valence-corrected chi connectivity index (χ2v) is 5.28. The third kappa shape index (κ3) is 6.02. The van der Waals surface area contributed by atoms with Crippen molar-refractivity contribution in [3.63, 3.8) is 0 Å². The minimum Gasteiger partial charge on any atom is -0.508 e. The molecule has 0 fully saturated rings. The Labute approximate surface area is 136 Å². The molecule has 4 nitrogen and oxygen atoms in total. The minimum atomic E-state index is -0.247. The number of rotatable bonds is 8. The van der Waals surface area contributed by atoms with Gasteiger partial charge in [0.05, 0.1) is 6.61 Å². The van der Waals surface area contributed by atoms with Crippen LogP contribution in [0, 0.1) is 0 Å². The highest BCUT2D eigenvalue weighted by Crippen LogP contribution is 2.13. The van der Waals surface area contributed by atoms with Gasteiger partial charge in [-0.25, -0.2) is 0 Å². The predicted molar refractivity (Wildman–Crippen MR) is 88.5 cm³/mol. The molecule has 2 aromatic rings. The number of esters is 1. The molecule has 0 heterocycles. The van der Waals surface area contributed by atoms with Crippen molar-refractivity contribution in [3.05, 3.63) is 59.7 Å². The van der Waals surface area contributed by atoms with Gasteiger partial charge >= 0.3 is 5.97 Å². The summed E-state index contributed by atoms with van der Waals surface area (Å²) in [5.74, 6) is 0.770. The van der Waals surface area contributed by atoms with Gasteiger partial charge in [-0.2, -0.15) is 0 Å². The molecule has 0 bridgehead atoms.